The lowest BCUT2D eigenvalue weighted by Crippen LogP contribution is -2.39. The number of fused-ring (bicyclic) bond motifs is 1. The fourth-order valence-electron chi connectivity index (χ4n) is 3.57. The number of nitrogens with zero attached hydrogens (tertiary/aromatic N) is 3. The Balaban J connectivity index is 1.35. The number of ether oxygens (including phenoxy) is 1. The van der Waals surface area contributed by atoms with Crippen molar-refractivity contribution in [2.45, 2.75) is 39.1 Å². The van der Waals surface area contributed by atoms with Crippen LogP contribution in [-0.4, -0.2) is 33.8 Å². The van der Waals surface area contributed by atoms with Crippen molar-refractivity contribution in [1.82, 2.24) is 14.9 Å². The molecule has 4 rings (SSSR count). The number of hydrogen-bond donors (Lipinski definition) is 2. The first-order valence-corrected chi connectivity index (χ1v) is 10.8. The van der Waals surface area contributed by atoms with E-state index in [1.54, 1.807) is 11.1 Å². The van der Waals surface area contributed by atoms with Crippen LogP contribution in [0, 0.1) is 0 Å². The van der Waals surface area contributed by atoms with Gasteiger partial charge in [-0.2, -0.15) is 0 Å². The third-order valence-corrected chi connectivity index (χ3v) is 5.39. The predicted octanol–water partition coefficient (Wildman–Crippen LogP) is 5.83. The van der Waals surface area contributed by atoms with Crippen molar-refractivity contribution in [3.63, 3.8) is 0 Å². The van der Waals surface area contributed by atoms with E-state index in [2.05, 4.69) is 51.3 Å². The molecule has 2 heterocycles. The van der Waals surface area contributed by atoms with E-state index < -0.39 is 6.36 Å². The van der Waals surface area contributed by atoms with Crippen LogP contribution in [0.2, 0.25) is 0 Å². The van der Waals surface area contributed by atoms with E-state index in [4.69, 9.17) is 0 Å². The molecule has 10 heteroatoms. The van der Waals surface area contributed by atoms with Crippen molar-refractivity contribution in [3.8, 4) is 5.75 Å². The summed E-state index contributed by atoms with van der Waals surface area (Å²) in [5.74, 6) is 0.599. The summed E-state index contributed by atoms with van der Waals surface area (Å²) in [5, 5.41) is 5.90. The number of hydrogen-bond acceptors (Lipinski definition) is 5. The third-order valence-electron chi connectivity index (χ3n) is 5.39. The van der Waals surface area contributed by atoms with Crippen LogP contribution < -0.4 is 15.4 Å². The van der Waals surface area contributed by atoms with Crippen LogP contribution in [0.1, 0.15) is 36.6 Å². The summed E-state index contributed by atoms with van der Waals surface area (Å²) in [6, 6.07) is 12.8. The molecule has 2 amide bonds. The van der Waals surface area contributed by atoms with Gasteiger partial charge in [0.1, 0.15) is 5.75 Å². The van der Waals surface area contributed by atoms with Crippen LogP contribution in [0.15, 0.2) is 54.7 Å². The molecule has 0 radical (unpaired) electrons. The number of carbonyl (C=O) groups excluding carboxylic acids is 1. The van der Waals surface area contributed by atoms with Gasteiger partial charge < -0.3 is 20.3 Å². The molecule has 0 bridgehead atoms. The monoisotopic (exact) mass is 471 g/mol. The Bertz CT molecular complexity index is 1150. The first-order chi connectivity index (χ1) is 16.2. The third kappa shape index (κ3) is 5.94. The molecule has 0 fully saturated rings. The molecule has 1 aliphatic rings. The van der Waals surface area contributed by atoms with E-state index in [1.165, 1.54) is 17.7 Å². The lowest BCUT2D eigenvalue weighted by Gasteiger charge is -2.28. The molecular formula is C24H24F3N5O2. The SMILES string of the molecule is CC(C)c1ccc(Nc2ncc3c(n2)CCN(C(=O)Nc2ccc(OC(F)(F)F)cc2)C3)cc1. The first-order valence-electron chi connectivity index (χ1n) is 10.8. The van der Waals surface area contributed by atoms with Gasteiger partial charge in [0, 0.05) is 36.1 Å². The average molecular weight is 471 g/mol. The van der Waals surface area contributed by atoms with Gasteiger partial charge in [0.05, 0.1) is 12.2 Å². The number of amides is 2. The summed E-state index contributed by atoms with van der Waals surface area (Å²) >= 11 is 0. The van der Waals surface area contributed by atoms with Crippen molar-refractivity contribution in [2.24, 2.45) is 0 Å². The quantitative estimate of drug-likeness (QED) is 0.489. The van der Waals surface area contributed by atoms with Gasteiger partial charge in [0.2, 0.25) is 5.95 Å². The molecule has 2 aromatic carbocycles. The van der Waals surface area contributed by atoms with Crippen molar-refractivity contribution in [1.29, 1.82) is 0 Å². The highest BCUT2D eigenvalue weighted by Gasteiger charge is 2.31. The van der Waals surface area contributed by atoms with Crippen LogP contribution >= 0.6 is 0 Å². The second kappa shape index (κ2) is 9.58. The summed E-state index contributed by atoms with van der Waals surface area (Å²) in [4.78, 5) is 23.2. The number of anilines is 3. The molecule has 1 aliphatic heterocycles. The number of benzene rings is 2. The number of aromatic nitrogens is 2. The number of rotatable bonds is 5. The summed E-state index contributed by atoms with van der Waals surface area (Å²) in [6.45, 7) is 5.07. The lowest BCUT2D eigenvalue weighted by atomic mass is 10.0. The summed E-state index contributed by atoms with van der Waals surface area (Å²) in [7, 11) is 0. The van der Waals surface area contributed by atoms with Crippen molar-refractivity contribution < 1.29 is 22.7 Å². The van der Waals surface area contributed by atoms with Crippen LogP contribution in [0.3, 0.4) is 0 Å². The maximum atomic E-state index is 12.6. The lowest BCUT2D eigenvalue weighted by molar-refractivity contribution is -0.274. The van der Waals surface area contributed by atoms with Gasteiger partial charge >= 0.3 is 12.4 Å². The van der Waals surface area contributed by atoms with E-state index in [9.17, 15) is 18.0 Å². The van der Waals surface area contributed by atoms with Gasteiger partial charge in [-0.15, -0.1) is 13.2 Å². The number of carbonyl (C=O) groups is 1. The smallest absolute Gasteiger partial charge is 0.406 e. The normalized spacial score (nSPS) is 13.4. The second-order valence-electron chi connectivity index (χ2n) is 8.24. The summed E-state index contributed by atoms with van der Waals surface area (Å²) in [5.41, 5.74) is 4.23. The minimum atomic E-state index is -4.76. The molecule has 7 nitrogen and oxygen atoms in total. The largest absolute Gasteiger partial charge is 0.573 e. The minimum Gasteiger partial charge on any atom is -0.406 e. The first kappa shape index (κ1) is 23.3. The van der Waals surface area contributed by atoms with Gasteiger partial charge in [-0.3, -0.25) is 0 Å². The molecule has 0 aliphatic carbocycles. The second-order valence-corrected chi connectivity index (χ2v) is 8.24. The maximum absolute atomic E-state index is 12.6. The van der Waals surface area contributed by atoms with E-state index in [1.807, 2.05) is 12.1 Å². The minimum absolute atomic E-state index is 0.333. The Labute approximate surface area is 195 Å². The summed E-state index contributed by atoms with van der Waals surface area (Å²) in [6.07, 6.45) is -2.50. The van der Waals surface area contributed by atoms with Gasteiger partial charge in [-0.05, 0) is 47.9 Å². The zero-order valence-electron chi connectivity index (χ0n) is 18.7. The average Bonchev–Trinajstić information content (AvgIpc) is 2.79. The molecule has 0 saturated heterocycles. The highest BCUT2D eigenvalue weighted by Crippen LogP contribution is 2.25. The standard InChI is InChI=1S/C24H24F3N5O2/c1-15(2)16-3-5-18(6-4-16)29-22-28-13-17-14-32(12-11-21(17)31-22)23(33)30-19-7-9-20(10-8-19)34-24(25,26)27/h3-10,13,15H,11-12,14H2,1-2H3,(H,30,33)(H,28,29,31). The predicted molar refractivity (Wildman–Crippen MR) is 122 cm³/mol. The van der Waals surface area contributed by atoms with Crippen LogP contribution in [0.25, 0.3) is 0 Å². The zero-order valence-corrected chi connectivity index (χ0v) is 18.7. The summed E-state index contributed by atoms with van der Waals surface area (Å²) < 4.78 is 40.7. The van der Waals surface area contributed by atoms with Crippen LogP contribution in [-0.2, 0) is 13.0 Å². The van der Waals surface area contributed by atoms with E-state index in [0.717, 1.165) is 29.1 Å². The van der Waals surface area contributed by atoms with E-state index >= 15 is 0 Å². The fraction of sp³-hybridized carbons (Fsp3) is 0.292. The Kier molecular flexibility index (Phi) is 6.58. The van der Waals surface area contributed by atoms with E-state index in [-0.39, 0.29) is 11.8 Å². The van der Waals surface area contributed by atoms with Crippen molar-refractivity contribution in [2.75, 3.05) is 17.2 Å². The Morgan fingerprint density at radius 3 is 2.38 bits per heavy atom. The molecule has 1 aromatic heterocycles. The zero-order chi connectivity index (χ0) is 24.3. The number of nitrogens with one attached hydrogen (secondary N) is 2. The van der Waals surface area contributed by atoms with Crippen molar-refractivity contribution in [3.05, 3.63) is 71.5 Å². The number of halogens is 3. The van der Waals surface area contributed by atoms with Gasteiger partial charge in [-0.25, -0.2) is 14.8 Å². The topological polar surface area (TPSA) is 79.4 Å². The molecular weight excluding hydrogens is 447 g/mol. The Morgan fingerprint density at radius 1 is 1.06 bits per heavy atom. The molecule has 34 heavy (non-hydrogen) atoms. The molecule has 0 atom stereocenters. The Hall–Kier alpha value is -3.82. The number of urea groups is 1. The van der Waals surface area contributed by atoms with E-state index in [0.29, 0.717) is 37.1 Å². The fourth-order valence-corrected chi connectivity index (χ4v) is 3.57. The molecule has 0 saturated carbocycles. The van der Waals surface area contributed by atoms with Gasteiger partial charge in [-0.1, -0.05) is 26.0 Å². The number of alkyl halides is 3. The van der Waals surface area contributed by atoms with Crippen LogP contribution in [0.4, 0.5) is 35.3 Å². The highest BCUT2D eigenvalue weighted by atomic mass is 19.4. The van der Waals surface area contributed by atoms with Gasteiger partial charge in [0.25, 0.3) is 0 Å². The molecule has 0 spiro atoms. The maximum Gasteiger partial charge on any atom is 0.573 e. The molecule has 178 valence electrons. The van der Waals surface area contributed by atoms with Crippen LogP contribution in [0.5, 0.6) is 5.75 Å². The van der Waals surface area contributed by atoms with Crippen molar-refractivity contribution >= 4 is 23.4 Å². The molecule has 3 aromatic rings. The Morgan fingerprint density at radius 2 is 1.74 bits per heavy atom. The van der Waals surface area contributed by atoms with Gasteiger partial charge in [0.15, 0.2) is 0 Å². The molecule has 2 N–H and O–H groups in total. The molecule has 0 unspecified atom stereocenters. The highest BCUT2D eigenvalue weighted by molar-refractivity contribution is 5.89.